The minimum absolute atomic E-state index is 0.179. The van der Waals surface area contributed by atoms with Crippen LogP contribution in [0.3, 0.4) is 0 Å². The highest BCUT2D eigenvalue weighted by atomic mass is 32.2. The van der Waals surface area contributed by atoms with E-state index in [4.69, 9.17) is 4.74 Å². The van der Waals surface area contributed by atoms with Crippen LogP contribution in [0.5, 0.6) is 5.75 Å². The van der Waals surface area contributed by atoms with Gasteiger partial charge in [0.15, 0.2) is 5.96 Å². The second kappa shape index (κ2) is 8.93. The lowest BCUT2D eigenvalue weighted by Crippen LogP contribution is -2.43. The smallest absolute Gasteiger partial charge is 0.191 e. The third-order valence-electron chi connectivity index (χ3n) is 3.43. The first kappa shape index (κ1) is 18.7. The molecule has 0 aromatic heterocycles. The summed E-state index contributed by atoms with van der Waals surface area (Å²) in [5, 5.41) is 6.72. The number of ether oxygens (including phenoxy) is 1. The van der Waals surface area contributed by atoms with Gasteiger partial charge >= 0.3 is 0 Å². The molecule has 22 heavy (non-hydrogen) atoms. The standard InChI is InChI=1S/C17H29N3OS/c1-7-21-15-10-13(2)8-9-14(15)11-19-16(18-5)20-12-17(3,4)22-6/h8-10H,7,11-12H2,1-6H3,(H2,18,19,20). The van der Waals surface area contributed by atoms with Crippen molar-refractivity contribution in [3.63, 3.8) is 0 Å². The molecular formula is C17H29N3OS. The van der Waals surface area contributed by atoms with Crippen LogP contribution in [0.15, 0.2) is 23.2 Å². The van der Waals surface area contributed by atoms with E-state index in [-0.39, 0.29) is 4.75 Å². The number of nitrogens with zero attached hydrogens (tertiary/aromatic N) is 1. The van der Waals surface area contributed by atoms with Crippen molar-refractivity contribution in [2.45, 2.75) is 39.0 Å². The van der Waals surface area contributed by atoms with E-state index >= 15 is 0 Å². The fourth-order valence-corrected chi connectivity index (χ4v) is 2.08. The Bertz CT molecular complexity index is 501. The summed E-state index contributed by atoms with van der Waals surface area (Å²) in [5.74, 6) is 1.75. The van der Waals surface area contributed by atoms with Crippen LogP contribution in [-0.2, 0) is 6.54 Å². The van der Waals surface area contributed by atoms with Crippen molar-refractivity contribution >= 4 is 17.7 Å². The van der Waals surface area contributed by atoms with Crippen LogP contribution in [0.4, 0.5) is 0 Å². The molecule has 0 fully saturated rings. The zero-order chi connectivity index (χ0) is 16.6. The lowest BCUT2D eigenvalue weighted by atomic mass is 10.1. The van der Waals surface area contributed by atoms with Crippen LogP contribution in [0.1, 0.15) is 31.9 Å². The first-order valence-electron chi connectivity index (χ1n) is 7.64. The van der Waals surface area contributed by atoms with E-state index in [2.05, 4.69) is 60.9 Å². The zero-order valence-electron chi connectivity index (χ0n) is 14.6. The molecule has 5 heteroatoms. The van der Waals surface area contributed by atoms with Gasteiger partial charge in [0.2, 0.25) is 0 Å². The van der Waals surface area contributed by atoms with Crippen molar-refractivity contribution in [1.29, 1.82) is 0 Å². The lowest BCUT2D eigenvalue weighted by molar-refractivity contribution is 0.336. The molecule has 0 saturated heterocycles. The largest absolute Gasteiger partial charge is 0.494 e. The van der Waals surface area contributed by atoms with Crippen LogP contribution in [-0.4, -0.2) is 37.2 Å². The van der Waals surface area contributed by atoms with E-state index in [0.29, 0.717) is 13.2 Å². The molecule has 1 aromatic carbocycles. The van der Waals surface area contributed by atoms with Crippen molar-refractivity contribution in [1.82, 2.24) is 10.6 Å². The van der Waals surface area contributed by atoms with Crippen molar-refractivity contribution in [2.24, 2.45) is 4.99 Å². The van der Waals surface area contributed by atoms with E-state index in [9.17, 15) is 0 Å². The van der Waals surface area contributed by atoms with Crippen LogP contribution in [0.25, 0.3) is 0 Å². The van der Waals surface area contributed by atoms with Gasteiger partial charge in [-0.15, -0.1) is 0 Å². The lowest BCUT2D eigenvalue weighted by Gasteiger charge is -2.24. The maximum atomic E-state index is 5.71. The van der Waals surface area contributed by atoms with Gasteiger partial charge in [-0.2, -0.15) is 11.8 Å². The maximum Gasteiger partial charge on any atom is 0.191 e. The number of aliphatic imine (C=N–C) groups is 1. The molecule has 0 bridgehead atoms. The number of hydrogen-bond acceptors (Lipinski definition) is 3. The Morgan fingerprint density at radius 1 is 1.32 bits per heavy atom. The fourth-order valence-electron chi connectivity index (χ4n) is 1.87. The quantitative estimate of drug-likeness (QED) is 0.597. The van der Waals surface area contributed by atoms with Crippen LogP contribution in [0.2, 0.25) is 0 Å². The number of thioether (sulfide) groups is 1. The van der Waals surface area contributed by atoms with E-state index in [1.54, 1.807) is 7.05 Å². The van der Waals surface area contributed by atoms with Crippen LogP contribution >= 0.6 is 11.8 Å². The van der Waals surface area contributed by atoms with Gasteiger partial charge in [-0.1, -0.05) is 12.1 Å². The molecule has 124 valence electrons. The summed E-state index contributed by atoms with van der Waals surface area (Å²) < 4.78 is 5.89. The van der Waals surface area contributed by atoms with E-state index in [0.717, 1.165) is 23.8 Å². The van der Waals surface area contributed by atoms with Gasteiger partial charge < -0.3 is 15.4 Å². The molecular weight excluding hydrogens is 294 g/mol. The van der Waals surface area contributed by atoms with Gasteiger partial charge in [-0.25, -0.2) is 0 Å². The predicted octanol–water partition coefficient (Wildman–Crippen LogP) is 3.20. The molecule has 4 nitrogen and oxygen atoms in total. The topological polar surface area (TPSA) is 45.6 Å². The molecule has 0 aliphatic carbocycles. The number of rotatable bonds is 7. The monoisotopic (exact) mass is 323 g/mol. The molecule has 2 N–H and O–H groups in total. The third kappa shape index (κ3) is 6.18. The van der Waals surface area contributed by atoms with Crippen molar-refractivity contribution in [3.05, 3.63) is 29.3 Å². The van der Waals surface area contributed by atoms with Crippen molar-refractivity contribution in [3.8, 4) is 5.75 Å². The summed E-state index contributed by atoms with van der Waals surface area (Å²) in [7, 11) is 1.79. The average molecular weight is 324 g/mol. The second-order valence-corrected chi connectivity index (χ2v) is 7.30. The van der Waals surface area contributed by atoms with Crippen LogP contribution in [0, 0.1) is 6.92 Å². The van der Waals surface area contributed by atoms with Gasteiger partial charge in [0, 0.05) is 30.4 Å². The van der Waals surface area contributed by atoms with Crippen molar-refractivity contribution in [2.75, 3.05) is 26.5 Å². The fraction of sp³-hybridized carbons (Fsp3) is 0.588. The van der Waals surface area contributed by atoms with Gasteiger partial charge in [0.25, 0.3) is 0 Å². The molecule has 1 rings (SSSR count). The highest BCUT2D eigenvalue weighted by Crippen LogP contribution is 2.21. The molecule has 0 amide bonds. The molecule has 0 aliphatic heterocycles. The van der Waals surface area contributed by atoms with Crippen molar-refractivity contribution < 1.29 is 4.74 Å². The SMILES string of the molecule is CCOc1cc(C)ccc1CNC(=NC)NCC(C)(C)SC. The molecule has 0 radical (unpaired) electrons. The summed E-state index contributed by atoms with van der Waals surface area (Å²) in [6.45, 7) is 10.7. The Labute approximate surface area is 139 Å². The Morgan fingerprint density at radius 2 is 2.05 bits per heavy atom. The first-order valence-corrected chi connectivity index (χ1v) is 8.86. The molecule has 0 aliphatic rings. The Kier molecular flexibility index (Phi) is 7.59. The summed E-state index contributed by atoms with van der Waals surface area (Å²) in [4.78, 5) is 4.28. The highest BCUT2D eigenvalue weighted by Gasteiger charge is 2.16. The molecule has 0 spiro atoms. The summed E-state index contributed by atoms with van der Waals surface area (Å²) in [6.07, 6.45) is 2.12. The van der Waals surface area contributed by atoms with Gasteiger partial charge in [-0.05, 0) is 45.6 Å². The number of aryl methyl sites for hydroxylation is 1. The molecule has 0 unspecified atom stereocenters. The zero-order valence-corrected chi connectivity index (χ0v) is 15.4. The number of hydrogen-bond donors (Lipinski definition) is 2. The molecule has 0 saturated carbocycles. The number of guanidine groups is 1. The minimum Gasteiger partial charge on any atom is -0.494 e. The summed E-state index contributed by atoms with van der Waals surface area (Å²) in [5.41, 5.74) is 2.34. The van der Waals surface area contributed by atoms with E-state index in [1.165, 1.54) is 5.56 Å². The normalized spacial score (nSPS) is 12.2. The van der Waals surface area contributed by atoms with E-state index < -0.39 is 0 Å². The second-order valence-electron chi connectivity index (χ2n) is 5.79. The number of benzene rings is 1. The Balaban J connectivity index is 2.64. The highest BCUT2D eigenvalue weighted by molar-refractivity contribution is 7.99. The Hall–Kier alpha value is -1.36. The first-order chi connectivity index (χ1) is 10.4. The van der Waals surface area contributed by atoms with Crippen LogP contribution < -0.4 is 15.4 Å². The van der Waals surface area contributed by atoms with Gasteiger partial charge in [-0.3, -0.25) is 4.99 Å². The van der Waals surface area contributed by atoms with E-state index in [1.807, 2.05) is 18.7 Å². The Morgan fingerprint density at radius 3 is 2.64 bits per heavy atom. The molecule has 0 heterocycles. The summed E-state index contributed by atoms with van der Waals surface area (Å²) >= 11 is 1.84. The number of nitrogens with one attached hydrogen (secondary N) is 2. The molecule has 0 atom stereocenters. The summed E-state index contributed by atoms with van der Waals surface area (Å²) in [6, 6.07) is 6.28. The third-order valence-corrected chi connectivity index (χ3v) is 4.68. The van der Waals surface area contributed by atoms with Gasteiger partial charge in [0.05, 0.1) is 6.61 Å². The van der Waals surface area contributed by atoms with Gasteiger partial charge in [0.1, 0.15) is 5.75 Å². The minimum atomic E-state index is 0.179. The average Bonchev–Trinajstić information content (AvgIpc) is 2.49. The predicted molar refractivity (Wildman–Crippen MR) is 98.1 cm³/mol. The molecule has 1 aromatic rings. The maximum absolute atomic E-state index is 5.71.